The summed E-state index contributed by atoms with van der Waals surface area (Å²) in [4.78, 5) is 6.48. The minimum atomic E-state index is 0.0498. The molecule has 16 heavy (non-hydrogen) atoms. The highest BCUT2D eigenvalue weighted by molar-refractivity contribution is 5.98. The van der Waals surface area contributed by atoms with Gasteiger partial charge in [-0.3, -0.25) is 10.4 Å². The van der Waals surface area contributed by atoms with Crippen molar-refractivity contribution in [2.45, 2.75) is 19.8 Å². The topological polar surface area (TPSA) is 66.0 Å². The van der Waals surface area contributed by atoms with Crippen LogP contribution in [0.4, 0.5) is 5.69 Å². The van der Waals surface area contributed by atoms with E-state index in [0.29, 0.717) is 11.6 Å². The normalized spacial score (nSPS) is 20.8. The van der Waals surface area contributed by atoms with Gasteiger partial charge in [-0.2, -0.15) is 0 Å². The molecule has 0 aliphatic carbocycles. The standard InChI is InChI=1S/C12H18N4/c1-9-4-3-7-16(8-9)10-5-2-6-15-11(10)12(13)14/h2,5-6,9H,3-4,7-8H2,1H3,(H3,13,14). The molecule has 2 heterocycles. The summed E-state index contributed by atoms with van der Waals surface area (Å²) in [6, 6.07) is 3.91. The van der Waals surface area contributed by atoms with E-state index in [1.54, 1.807) is 6.20 Å². The Morgan fingerprint density at radius 1 is 1.62 bits per heavy atom. The molecular weight excluding hydrogens is 200 g/mol. The fraction of sp³-hybridized carbons (Fsp3) is 0.500. The van der Waals surface area contributed by atoms with Crippen LogP contribution in [-0.4, -0.2) is 23.9 Å². The van der Waals surface area contributed by atoms with Crippen molar-refractivity contribution in [3.63, 3.8) is 0 Å². The van der Waals surface area contributed by atoms with Crippen LogP contribution in [0.1, 0.15) is 25.5 Å². The van der Waals surface area contributed by atoms with E-state index in [-0.39, 0.29) is 5.84 Å². The minimum Gasteiger partial charge on any atom is -0.382 e. The van der Waals surface area contributed by atoms with Gasteiger partial charge in [0.1, 0.15) is 11.5 Å². The lowest BCUT2D eigenvalue weighted by Crippen LogP contribution is -2.36. The molecule has 1 saturated heterocycles. The van der Waals surface area contributed by atoms with Crippen molar-refractivity contribution >= 4 is 11.5 Å². The van der Waals surface area contributed by atoms with Gasteiger partial charge < -0.3 is 10.6 Å². The number of hydrogen-bond donors (Lipinski definition) is 2. The average Bonchev–Trinajstić information content (AvgIpc) is 2.29. The van der Waals surface area contributed by atoms with Crippen LogP contribution in [0.3, 0.4) is 0 Å². The molecule has 2 rings (SSSR count). The van der Waals surface area contributed by atoms with Gasteiger partial charge in [0.2, 0.25) is 0 Å². The zero-order valence-electron chi connectivity index (χ0n) is 9.61. The van der Waals surface area contributed by atoms with E-state index in [9.17, 15) is 0 Å². The van der Waals surface area contributed by atoms with Crippen LogP contribution >= 0.6 is 0 Å². The number of nitrogens with one attached hydrogen (secondary N) is 1. The number of piperidine rings is 1. The van der Waals surface area contributed by atoms with Gasteiger partial charge in [0.05, 0.1) is 5.69 Å². The van der Waals surface area contributed by atoms with Crippen LogP contribution in [0.15, 0.2) is 18.3 Å². The maximum Gasteiger partial charge on any atom is 0.143 e. The molecule has 1 fully saturated rings. The van der Waals surface area contributed by atoms with Crippen molar-refractivity contribution in [3.8, 4) is 0 Å². The highest BCUT2D eigenvalue weighted by Crippen LogP contribution is 2.24. The molecule has 86 valence electrons. The Kier molecular flexibility index (Phi) is 3.08. The zero-order valence-corrected chi connectivity index (χ0v) is 9.61. The molecular formula is C12H18N4. The lowest BCUT2D eigenvalue weighted by molar-refractivity contribution is 0.446. The fourth-order valence-electron chi connectivity index (χ4n) is 2.27. The number of amidine groups is 1. The first kappa shape index (κ1) is 10.9. The molecule has 0 bridgehead atoms. The maximum absolute atomic E-state index is 7.53. The number of hydrogen-bond acceptors (Lipinski definition) is 3. The lowest BCUT2D eigenvalue weighted by atomic mass is 9.99. The second kappa shape index (κ2) is 4.51. The summed E-state index contributed by atoms with van der Waals surface area (Å²) in [5, 5.41) is 7.53. The van der Waals surface area contributed by atoms with Gasteiger partial charge >= 0.3 is 0 Å². The molecule has 1 aliphatic rings. The predicted molar refractivity (Wildman–Crippen MR) is 65.9 cm³/mol. The van der Waals surface area contributed by atoms with Crippen LogP contribution in [-0.2, 0) is 0 Å². The molecule has 1 aromatic rings. The van der Waals surface area contributed by atoms with Crippen LogP contribution in [0, 0.1) is 11.3 Å². The molecule has 0 radical (unpaired) electrons. The van der Waals surface area contributed by atoms with Crippen LogP contribution in [0.25, 0.3) is 0 Å². The number of nitrogen functional groups attached to an aromatic ring is 1. The highest BCUT2D eigenvalue weighted by atomic mass is 15.1. The summed E-state index contributed by atoms with van der Waals surface area (Å²) in [5.41, 5.74) is 7.16. The van der Waals surface area contributed by atoms with E-state index >= 15 is 0 Å². The zero-order chi connectivity index (χ0) is 11.5. The third-order valence-electron chi connectivity index (χ3n) is 3.04. The molecule has 3 N–H and O–H groups in total. The summed E-state index contributed by atoms with van der Waals surface area (Å²) in [5.74, 6) is 0.752. The number of nitrogens with two attached hydrogens (primary N) is 1. The van der Waals surface area contributed by atoms with Gasteiger partial charge in [0, 0.05) is 19.3 Å². The number of nitrogens with zero attached hydrogens (tertiary/aromatic N) is 2. The molecule has 1 atom stereocenters. The first-order chi connectivity index (χ1) is 7.68. The van der Waals surface area contributed by atoms with Crippen molar-refractivity contribution in [2.24, 2.45) is 11.7 Å². The van der Waals surface area contributed by atoms with E-state index in [2.05, 4.69) is 16.8 Å². The third-order valence-corrected chi connectivity index (χ3v) is 3.04. The SMILES string of the molecule is CC1CCCN(c2cccnc2C(=N)N)C1. The third kappa shape index (κ3) is 2.15. The smallest absolute Gasteiger partial charge is 0.143 e. The van der Waals surface area contributed by atoms with Gasteiger partial charge in [-0.1, -0.05) is 6.92 Å². The fourth-order valence-corrected chi connectivity index (χ4v) is 2.27. The van der Waals surface area contributed by atoms with E-state index in [4.69, 9.17) is 11.1 Å². The Hall–Kier alpha value is -1.58. The Morgan fingerprint density at radius 3 is 3.12 bits per heavy atom. The monoisotopic (exact) mass is 218 g/mol. The van der Waals surface area contributed by atoms with Crippen molar-refractivity contribution in [2.75, 3.05) is 18.0 Å². The molecule has 0 amide bonds. The Bertz CT molecular complexity index is 388. The van der Waals surface area contributed by atoms with Gasteiger partial charge in [-0.05, 0) is 30.9 Å². The Balaban J connectivity index is 2.28. The Morgan fingerprint density at radius 2 is 2.44 bits per heavy atom. The van der Waals surface area contributed by atoms with E-state index in [1.165, 1.54) is 12.8 Å². The number of pyridine rings is 1. The van der Waals surface area contributed by atoms with Crippen LogP contribution in [0.2, 0.25) is 0 Å². The summed E-state index contributed by atoms with van der Waals surface area (Å²) in [6.45, 7) is 4.33. The largest absolute Gasteiger partial charge is 0.382 e. The van der Waals surface area contributed by atoms with Gasteiger partial charge in [-0.15, -0.1) is 0 Å². The molecule has 1 aromatic heterocycles. The second-order valence-corrected chi connectivity index (χ2v) is 4.48. The Labute approximate surface area is 96.0 Å². The van der Waals surface area contributed by atoms with Crippen LogP contribution < -0.4 is 10.6 Å². The maximum atomic E-state index is 7.53. The number of rotatable bonds is 2. The predicted octanol–water partition coefficient (Wildman–Crippen LogP) is 1.60. The number of aromatic nitrogens is 1. The molecule has 0 aromatic carbocycles. The molecule has 0 spiro atoms. The van der Waals surface area contributed by atoms with Gasteiger partial charge in [0.15, 0.2) is 0 Å². The van der Waals surface area contributed by atoms with Gasteiger partial charge in [-0.25, -0.2) is 0 Å². The van der Waals surface area contributed by atoms with E-state index in [0.717, 1.165) is 18.8 Å². The molecule has 1 aliphatic heterocycles. The van der Waals surface area contributed by atoms with Crippen molar-refractivity contribution in [1.82, 2.24) is 4.98 Å². The molecule has 1 unspecified atom stereocenters. The van der Waals surface area contributed by atoms with E-state index < -0.39 is 0 Å². The molecule has 4 heteroatoms. The summed E-state index contributed by atoms with van der Waals surface area (Å²) < 4.78 is 0. The molecule has 0 saturated carbocycles. The number of anilines is 1. The summed E-state index contributed by atoms with van der Waals surface area (Å²) in [7, 11) is 0. The van der Waals surface area contributed by atoms with Crippen molar-refractivity contribution in [3.05, 3.63) is 24.0 Å². The van der Waals surface area contributed by atoms with E-state index in [1.807, 2.05) is 12.1 Å². The average molecular weight is 218 g/mol. The van der Waals surface area contributed by atoms with Gasteiger partial charge in [0.25, 0.3) is 0 Å². The molecule has 4 nitrogen and oxygen atoms in total. The quantitative estimate of drug-likeness (QED) is 0.585. The van der Waals surface area contributed by atoms with Crippen LogP contribution in [0.5, 0.6) is 0 Å². The van der Waals surface area contributed by atoms with Crippen molar-refractivity contribution in [1.29, 1.82) is 5.41 Å². The summed E-state index contributed by atoms with van der Waals surface area (Å²) in [6.07, 6.45) is 4.17. The first-order valence-electron chi connectivity index (χ1n) is 5.73. The lowest BCUT2D eigenvalue weighted by Gasteiger charge is -2.33. The highest BCUT2D eigenvalue weighted by Gasteiger charge is 2.19. The second-order valence-electron chi connectivity index (χ2n) is 4.48. The minimum absolute atomic E-state index is 0.0498. The van der Waals surface area contributed by atoms with Crippen molar-refractivity contribution < 1.29 is 0 Å². The first-order valence-corrected chi connectivity index (χ1v) is 5.73. The summed E-state index contributed by atoms with van der Waals surface area (Å²) >= 11 is 0.